The molecule has 0 aliphatic heterocycles. The van der Waals surface area contributed by atoms with Crippen LogP contribution in [0.5, 0.6) is 0 Å². The van der Waals surface area contributed by atoms with Gasteiger partial charge in [-0.15, -0.1) is 11.3 Å². The Morgan fingerprint density at radius 2 is 2.50 bits per heavy atom. The van der Waals surface area contributed by atoms with E-state index in [4.69, 9.17) is 4.74 Å². The smallest absolute Gasteiger partial charge is 0.0669 e. The fraction of sp³-hybridized carbons (Fsp3) is 0.556. The van der Waals surface area contributed by atoms with Crippen molar-refractivity contribution >= 4 is 11.3 Å². The van der Waals surface area contributed by atoms with Crippen molar-refractivity contribution in [1.29, 1.82) is 0 Å². The minimum atomic E-state index is 0.352. The maximum atomic E-state index is 5.35. The summed E-state index contributed by atoms with van der Waals surface area (Å²) in [4.78, 5) is 1.34. The van der Waals surface area contributed by atoms with Gasteiger partial charge in [-0.2, -0.15) is 0 Å². The summed E-state index contributed by atoms with van der Waals surface area (Å²) >= 11 is 1.76. The molecule has 0 fully saturated rings. The second kappa shape index (κ2) is 5.30. The molecule has 2 nitrogen and oxygen atoms in total. The summed E-state index contributed by atoms with van der Waals surface area (Å²) in [6.07, 6.45) is 0. The van der Waals surface area contributed by atoms with Crippen molar-refractivity contribution in [3.05, 3.63) is 22.4 Å². The third-order valence-electron chi connectivity index (χ3n) is 1.72. The molecule has 0 bridgehead atoms. The van der Waals surface area contributed by atoms with Gasteiger partial charge < -0.3 is 10.1 Å². The summed E-state index contributed by atoms with van der Waals surface area (Å²) in [5, 5.41) is 5.31. The average Bonchev–Trinajstić information content (AvgIpc) is 2.59. The molecular weight excluding hydrogens is 170 g/mol. The number of rotatable bonds is 5. The molecule has 0 aromatic carbocycles. The van der Waals surface area contributed by atoms with E-state index >= 15 is 0 Å². The summed E-state index contributed by atoms with van der Waals surface area (Å²) in [6, 6.07) is 4.55. The first-order chi connectivity index (χ1) is 5.88. The molecule has 1 N–H and O–H groups in total. The van der Waals surface area contributed by atoms with Crippen LogP contribution in [0.3, 0.4) is 0 Å². The minimum Gasteiger partial charge on any atom is -0.380 e. The topological polar surface area (TPSA) is 21.3 Å². The third kappa shape index (κ3) is 2.59. The Labute approximate surface area is 77.6 Å². The lowest BCUT2D eigenvalue weighted by molar-refractivity contribution is 0.126. The van der Waals surface area contributed by atoms with Gasteiger partial charge in [-0.05, 0) is 25.4 Å². The molecule has 1 rings (SSSR count). The number of ether oxygens (including phenoxy) is 1. The van der Waals surface area contributed by atoms with Crippen LogP contribution in [-0.4, -0.2) is 20.3 Å². The summed E-state index contributed by atoms with van der Waals surface area (Å²) < 4.78 is 5.35. The zero-order valence-electron chi connectivity index (χ0n) is 7.54. The molecule has 1 aromatic rings. The Morgan fingerprint density at radius 1 is 1.67 bits per heavy atom. The van der Waals surface area contributed by atoms with Crippen molar-refractivity contribution in [2.24, 2.45) is 0 Å². The van der Waals surface area contributed by atoms with Crippen LogP contribution < -0.4 is 5.32 Å². The Bertz CT molecular complexity index is 198. The molecule has 0 saturated carbocycles. The standard InChI is InChI=1S/C9H15NOS/c1-3-11-7-8(10-2)9-5-4-6-12-9/h4-6,8,10H,3,7H2,1-2H3. The first-order valence-electron chi connectivity index (χ1n) is 4.17. The maximum Gasteiger partial charge on any atom is 0.0669 e. The van der Waals surface area contributed by atoms with Gasteiger partial charge in [0, 0.05) is 11.5 Å². The van der Waals surface area contributed by atoms with Crippen LogP contribution >= 0.6 is 11.3 Å². The molecule has 68 valence electrons. The molecule has 0 aliphatic carbocycles. The van der Waals surface area contributed by atoms with Crippen molar-refractivity contribution in [1.82, 2.24) is 5.32 Å². The number of nitrogens with one attached hydrogen (secondary N) is 1. The fourth-order valence-corrected chi connectivity index (χ4v) is 1.85. The summed E-state index contributed by atoms with van der Waals surface area (Å²) in [6.45, 7) is 3.55. The largest absolute Gasteiger partial charge is 0.380 e. The third-order valence-corrected chi connectivity index (χ3v) is 2.71. The van der Waals surface area contributed by atoms with E-state index in [2.05, 4.69) is 22.8 Å². The van der Waals surface area contributed by atoms with E-state index < -0.39 is 0 Å². The van der Waals surface area contributed by atoms with Crippen LogP contribution in [0, 0.1) is 0 Å². The fourth-order valence-electron chi connectivity index (χ4n) is 1.03. The number of likely N-dealkylation sites (N-methyl/N-ethyl adjacent to an activating group) is 1. The van der Waals surface area contributed by atoms with E-state index in [1.807, 2.05) is 14.0 Å². The van der Waals surface area contributed by atoms with Gasteiger partial charge in [-0.1, -0.05) is 6.07 Å². The van der Waals surface area contributed by atoms with Crippen molar-refractivity contribution in [2.75, 3.05) is 20.3 Å². The van der Waals surface area contributed by atoms with Crippen molar-refractivity contribution in [3.8, 4) is 0 Å². The predicted octanol–water partition coefficient (Wildman–Crippen LogP) is 2.05. The summed E-state index contributed by atoms with van der Waals surface area (Å²) in [5.74, 6) is 0. The highest BCUT2D eigenvalue weighted by molar-refractivity contribution is 7.10. The Kier molecular flexibility index (Phi) is 4.29. The second-order valence-corrected chi connectivity index (χ2v) is 3.50. The van der Waals surface area contributed by atoms with E-state index in [1.54, 1.807) is 11.3 Å². The van der Waals surface area contributed by atoms with Crippen molar-refractivity contribution in [3.63, 3.8) is 0 Å². The lowest BCUT2D eigenvalue weighted by Crippen LogP contribution is -2.20. The van der Waals surface area contributed by atoms with Crippen LogP contribution in [-0.2, 0) is 4.74 Å². The molecule has 0 radical (unpaired) electrons. The highest BCUT2D eigenvalue weighted by atomic mass is 32.1. The van der Waals surface area contributed by atoms with Gasteiger partial charge >= 0.3 is 0 Å². The molecule has 1 heterocycles. The minimum absolute atomic E-state index is 0.352. The van der Waals surface area contributed by atoms with E-state index in [-0.39, 0.29) is 0 Å². The van der Waals surface area contributed by atoms with Gasteiger partial charge in [-0.3, -0.25) is 0 Å². The SMILES string of the molecule is CCOCC(NC)c1cccs1. The van der Waals surface area contributed by atoms with Crippen molar-refractivity contribution < 1.29 is 4.74 Å². The Hall–Kier alpha value is -0.380. The zero-order chi connectivity index (χ0) is 8.81. The number of hydrogen-bond donors (Lipinski definition) is 1. The lowest BCUT2D eigenvalue weighted by Gasteiger charge is -2.13. The molecule has 0 amide bonds. The van der Waals surface area contributed by atoms with Crippen LogP contribution in [0.4, 0.5) is 0 Å². The quantitative estimate of drug-likeness (QED) is 0.758. The molecule has 1 aromatic heterocycles. The maximum absolute atomic E-state index is 5.35. The van der Waals surface area contributed by atoms with Crippen LogP contribution in [0.15, 0.2) is 17.5 Å². The van der Waals surface area contributed by atoms with E-state index in [0.29, 0.717) is 6.04 Å². The first-order valence-corrected chi connectivity index (χ1v) is 5.04. The van der Waals surface area contributed by atoms with Crippen molar-refractivity contribution in [2.45, 2.75) is 13.0 Å². The molecule has 12 heavy (non-hydrogen) atoms. The highest BCUT2D eigenvalue weighted by Gasteiger charge is 2.08. The normalized spacial score (nSPS) is 13.2. The van der Waals surface area contributed by atoms with Gasteiger partial charge in [0.1, 0.15) is 0 Å². The van der Waals surface area contributed by atoms with Gasteiger partial charge in [0.25, 0.3) is 0 Å². The van der Waals surface area contributed by atoms with Crippen LogP contribution in [0.1, 0.15) is 17.8 Å². The molecule has 1 atom stereocenters. The molecule has 0 aliphatic rings. The molecular formula is C9H15NOS. The Balaban J connectivity index is 2.45. The molecule has 1 unspecified atom stereocenters. The Morgan fingerprint density at radius 3 is 3.00 bits per heavy atom. The number of hydrogen-bond acceptors (Lipinski definition) is 3. The van der Waals surface area contributed by atoms with E-state index in [1.165, 1.54) is 4.88 Å². The predicted molar refractivity (Wildman–Crippen MR) is 52.6 cm³/mol. The van der Waals surface area contributed by atoms with Crippen LogP contribution in [0.2, 0.25) is 0 Å². The van der Waals surface area contributed by atoms with E-state index in [0.717, 1.165) is 13.2 Å². The molecule has 0 spiro atoms. The first kappa shape index (κ1) is 9.71. The zero-order valence-corrected chi connectivity index (χ0v) is 8.36. The summed E-state index contributed by atoms with van der Waals surface area (Å²) in [7, 11) is 1.96. The molecule has 0 saturated heterocycles. The van der Waals surface area contributed by atoms with E-state index in [9.17, 15) is 0 Å². The van der Waals surface area contributed by atoms with Gasteiger partial charge in [0.2, 0.25) is 0 Å². The van der Waals surface area contributed by atoms with Crippen LogP contribution in [0.25, 0.3) is 0 Å². The lowest BCUT2D eigenvalue weighted by atomic mass is 10.2. The average molecular weight is 185 g/mol. The summed E-state index contributed by atoms with van der Waals surface area (Å²) in [5.41, 5.74) is 0. The highest BCUT2D eigenvalue weighted by Crippen LogP contribution is 2.18. The molecule has 3 heteroatoms. The number of thiophene rings is 1. The van der Waals surface area contributed by atoms with Gasteiger partial charge in [-0.25, -0.2) is 0 Å². The van der Waals surface area contributed by atoms with Gasteiger partial charge in [0.05, 0.1) is 12.6 Å². The van der Waals surface area contributed by atoms with Gasteiger partial charge in [0.15, 0.2) is 0 Å². The second-order valence-electron chi connectivity index (χ2n) is 2.52. The monoisotopic (exact) mass is 185 g/mol.